The van der Waals surface area contributed by atoms with E-state index in [1.54, 1.807) is 6.08 Å². The molecular formula is C15H12N4O3S. The summed E-state index contributed by atoms with van der Waals surface area (Å²) in [5.41, 5.74) is 1.55. The molecule has 0 saturated heterocycles. The number of thioether (sulfide) groups is 1. The fraction of sp³-hybridized carbons (Fsp3) is 0.200. The summed E-state index contributed by atoms with van der Waals surface area (Å²) in [5, 5.41) is 11.3. The van der Waals surface area contributed by atoms with Crippen molar-refractivity contribution in [3.8, 4) is 0 Å². The Labute approximate surface area is 136 Å². The van der Waals surface area contributed by atoms with Crippen molar-refractivity contribution < 1.29 is 9.72 Å². The molecule has 0 N–H and O–H groups in total. The Bertz CT molecular complexity index is 811. The summed E-state index contributed by atoms with van der Waals surface area (Å²) in [5.74, 6) is -0.0754. The second-order valence-corrected chi connectivity index (χ2v) is 5.91. The van der Waals surface area contributed by atoms with Crippen LogP contribution in [0.1, 0.15) is 6.92 Å². The normalized spacial score (nSPS) is 19.6. The SMILES string of the molecule is CC1=CC=CC2C(=O)N=C(CSc3ncccc3[N+](=O)[O-])N=C12. The summed E-state index contributed by atoms with van der Waals surface area (Å²) in [7, 11) is 0. The van der Waals surface area contributed by atoms with Crippen molar-refractivity contribution in [2.45, 2.75) is 11.9 Å². The maximum Gasteiger partial charge on any atom is 0.301 e. The van der Waals surface area contributed by atoms with Crippen LogP contribution in [0, 0.1) is 16.0 Å². The van der Waals surface area contributed by atoms with Crippen LogP contribution < -0.4 is 0 Å². The monoisotopic (exact) mass is 328 g/mol. The van der Waals surface area contributed by atoms with E-state index in [0.29, 0.717) is 11.5 Å². The first-order chi connectivity index (χ1) is 11.1. The van der Waals surface area contributed by atoms with Crippen LogP contribution >= 0.6 is 11.8 Å². The molecule has 0 spiro atoms. The van der Waals surface area contributed by atoms with Crippen molar-refractivity contribution in [2.75, 3.05) is 5.75 Å². The second kappa shape index (κ2) is 6.25. The number of rotatable bonds is 4. The van der Waals surface area contributed by atoms with E-state index < -0.39 is 10.8 Å². The fourth-order valence-corrected chi connectivity index (χ4v) is 3.10. The number of pyridine rings is 1. The zero-order valence-electron chi connectivity index (χ0n) is 12.2. The number of hydrogen-bond acceptors (Lipinski definition) is 6. The highest BCUT2D eigenvalue weighted by molar-refractivity contribution is 8.00. The number of hydrogen-bond donors (Lipinski definition) is 0. The molecule has 1 aromatic rings. The molecule has 1 aromatic heterocycles. The molecule has 7 nitrogen and oxygen atoms in total. The molecule has 8 heteroatoms. The lowest BCUT2D eigenvalue weighted by molar-refractivity contribution is -0.388. The van der Waals surface area contributed by atoms with E-state index in [2.05, 4.69) is 15.0 Å². The molecule has 0 radical (unpaired) electrons. The number of nitrogens with zero attached hydrogens (tertiary/aromatic N) is 4. The number of nitro groups is 1. The van der Waals surface area contributed by atoms with Gasteiger partial charge in [-0.1, -0.05) is 30.0 Å². The molecule has 1 unspecified atom stereocenters. The molecule has 0 aromatic carbocycles. The lowest BCUT2D eigenvalue weighted by Crippen LogP contribution is -2.29. The second-order valence-electron chi connectivity index (χ2n) is 4.95. The summed E-state index contributed by atoms with van der Waals surface area (Å²) in [4.78, 5) is 35.0. The molecular weight excluding hydrogens is 316 g/mol. The molecule has 1 aliphatic carbocycles. The predicted molar refractivity (Wildman–Crippen MR) is 87.9 cm³/mol. The largest absolute Gasteiger partial charge is 0.301 e. The number of amides is 1. The molecule has 23 heavy (non-hydrogen) atoms. The van der Waals surface area contributed by atoms with Gasteiger partial charge >= 0.3 is 5.69 Å². The van der Waals surface area contributed by atoms with Gasteiger partial charge in [-0.3, -0.25) is 14.9 Å². The van der Waals surface area contributed by atoms with Gasteiger partial charge in [-0.05, 0) is 18.6 Å². The minimum atomic E-state index is -0.482. The zero-order chi connectivity index (χ0) is 16.4. The minimum absolute atomic E-state index is 0.0672. The molecule has 2 heterocycles. The first-order valence-corrected chi connectivity index (χ1v) is 7.82. The quantitative estimate of drug-likeness (QED) is 0.480. The van der Waals surface area contributed by atoms with Crippen molar-refractivity contribution >= 4 is 34.9 Å². The van der Waals surface area contributed by atoms with Crippen LogP contribution in [-0.4, -0.2) is 33.1 Å². The van der Waals surface area contributed by atoms with Gasteiger partial charge < -0.3 is 0 Å². The van der Waals surface area contributed by atoms with Crippen molar-refractivity contribution in [2.24, 2.45) is 15.9 Å². The molecule has 0 saturated carbocycles. The lowest BCUT2D eigenvalue weighted by atomic mass is 9.91. The Morgan fingerprint density at radius 2 is 2.22 bits per heavy atom. The molecule has 1 amide bonds. The van der Waals surface area contributed by atoms with Gasteiger partial charge in [0.15, 0.2) is 5.03 Å². The first kappa shape index (κ1) is 15.3. The van der Waals surface area contributed by atoms with E-state index in [1.165, 1.54) is 18.3 Å². The van der Waals surface area contributed by atoms with Gasteiger partial charge in [0.2, 0.25) is 0 Å². The molecule has 3 rings (SSSR count). The van der Waals surface area contributed by atoms with E-state index in [9.17, 15) is 14.9 Å². The zero-order valence-corrected chi connectivity index (χ0v) is 13.0. The third-order valence-corrected chi connectivity index (χ3v) is 4.38. The van der Waals surface area contributed by atoms with Crippen LogP contribution in [0.3, 0.4) is 0 Å². The van der Waals surface area contributed by atoms with E-state index in [1.807, 2.05) is 19.1 Å². The van der Waals surface area contributed by atoms with Gasteiger partial charge in [0.05, 0.1) is 16.4 Å². The standard InChI is InChI=1S/C15H12N4O3S/c1-9-4-2-5-10-13(9)17-12(18-14(10)20)8-23-15-11(19(21)22)6-3-7-16-15/h2-7,10H,8H2,1H3. The lowest BCUT2D eigenvalue weighted by Gasteiger charge is -2.20. The van der Waals surface area contributed by atoms with Gasteiger partial charge in [-0.15, -0.1) is 0 Å². The van der Waals surface area contributed by atoms with Crippen molar-refractivity contribution in [3.05, 3.63) is 52.2 Å². The number of aromatic nitrogens is 1. The predicted octanol–water partition coefficient (Wildman–Crippen LogP) is 2.59. The van der Waals surface area contributed by atoms with Crippen LogP contribution in [-0.2, 0) is 4.79 Å². The molecule has 116 valence electrons. The van der Waals surface area contributed by atoms with Gasteiger partial charge in [0.1, 0.15) is 11.8 Å². The van der Waals surface area contributed by atoms with Crippen LogP contribution in [0.2, 0.25) is 0 Å². The Kier molecular flexibility index (Phi) is 4.16. The Hall–Kier alpha value is -2.61. The topological polar surface area (TPSA) is 97.8 Å². The van der Waals surface area contributed by atoms with Gasteiger partial charge in [0.25, 0.3) is 5.91 Å². The molecule has 1 atom stereocenters. The Balaban J connectivity index is 1.80. The Morgan fingerprint density at radius 3 is 3.00 bits per heavy atom. The number of allylic oxidation sites excluding steroid dienone is 3. The minimum Gasteiger partial charge on any atom is -0.271 e. The highest BCUT2D eigenvalue weighted by atomic mass is 32.2. The maximum absolute atomic E-state index is 12.1. The van der Waals surface area contributed by atoms with Gasteiger partial charge in [-0.2, -0.15) is 4.99 Å². The van der Waals surface area contributed by atoms with Crippen molar-refractivity contribution in [3.63, 3.8) is 0 Å². The summed E-state index contributed by atoms with van der Waals surface area (Å²) >= 11 is 1.14. The molecule has 2 aliphatic rings. The summed E-state index contributed by atoms with van der Waals surface area (Å²) in [6.07, 6.45) is 6.97. The van der Waals surface area contributed by atoms with Gasteiger partial charge in [-0.25, -0.2) is 9.98 Å². The van der Waals surface area contributed by atoms with Crippen molar-refractivity contribution in [1.29, 1.82) is 0 Å². The van der Waals surface area contributed by atoms with E-state index in [0.717, 1.165) is 17.3 Å². The summed E-state index contributed by atoms with van der Waals surface area (Å²) in [6, 6.07) is 2.90. The van der Waals surface area contributed by atoms with Crippen LogP contribution in [0.25, 0.3) is 0 Å². The fourth-order valence-electron chi connectivity index (χ4n) is 2.28. The number of carbonyl (C=O) groups excluding carboxylic acids is 1. The average Bonchev–Trinajstić information content (AvgIpc) is 2.54. The highest BCUT2D eigenvalue weighted by Crippen LogP contribution is 2.28. The van der Waals surface area contributed by atoms with Crippen LogP contribution in [0.4, 0.5) is 5.69 Å². The maximum atomic E-state index is 12.1. The molecule has 0 fully saturated rings. The first-order valence-electron chi connectivity index (χ1n) is 6.84. The highest BCUT2D eigenvalue weighted by Gasteiger charge is 2.29. The van der Waals surface area contributed by atoms with E-state index >= 15 is 0 Å². The van der Waals surface area contributed by atoms with E-state index in [-0.39, 0.29) is 22.4 Å². The molecule has 1 aliphatic heterocycles. The summed E-state index contributed by atoms with van der Waals surface area (Å²) < 4.78 is 0. The third-order valence-electron chi connectivity index (χ3n) is 3.39. The van der Waals surface area contributed by atoms with Crippen LogP contribution in [0.5, 0.6) is 0 Å². The summed E-state index contributed by atoms with van der Waals surface area (Å²) in [6.45, 7) is 1.89. The van der Waals surface area contributed by atoms with Gasteiger partial charge in [0, 0.05) is 12.3 Å². The molecule has 0 bridgehead atoms. The third kappa shape index (κ3) is 3.11. The Morgan fingerprint density at radius 1 is 1.39 bits per heavy atom. The number of amidine groups is 1. The van der Waals surface area contributed by atoms with Crippen LogP contribution in [0.15, 0.2) is 57.1 Å². The van der Waals surface area contributed by atoms with E-state index in [4.69, 9.17) is 0 Å². The number of aliphatic imine (C=N–C) groups is 2. The number of fused-ring (bicyclic) bond motifs is 1. The average molecular weight is 328 g/mol. The smallest absolute Gasteiger partial charge is 0.271 e. The van der Waals surface area contributed by atoms with Crippen molar-refractivity contribution in [1.82, 2.24) is 4.98 Å². The number of carbonyl (C=O) groups is 1.